The van der Waals surface area contributed by atoms with E-state index in [1.54, 1.807) is 43.5 Å². The quantitative estimate of drug-likeness (QED) is 0.513. The summed E-state index contributed by atoms with van der Waals surface area (Å²) in [5.41, 5.74) is 7.23. The number of nitro benzene ring substituents is 1. The van der Waals surface area contributed by atoms with E-state index in [4.69, 9.17) is 15.2 Å². The summed E-state index contributed by atoms with van der Waals surface area (Å²) in [6, 6.07) is 10.9. The number of hydrogen-bond acceptors (Lipinski definition) is 7. The van der Waals surface area contributed by atoms with Crippen molar-refractivity contribution in [2.45, 2.75) is 6.04 Å². The zero-order valence-corrected chi connectivity index (χ0v) is 14.2. The number of aromatic amines is 1. The van der Waals surface area contributed by atoms with Gasteiger partial charge in [0.1, 0.15) is 5.82 Å². The molecule has 0 radical (unpaired) electrons. The van der Waals surface area contributed by atoms with Gasteiger partial charge in [-0.25, -0.2) is 4.98 Å². The van der Waals surface area contributed by atoms with Crippen LogP contribution in [0.4, 0.5) is 5.69 Å². The number of rotatable bonds is 6. The molecule has 134 valence electrons. The summed E-state index contributed by atoms with van der Waals surface area (Å²) in [6.07, 6.45) is 0. The van der Waals surface area contributed by atoms with Gasteiger partial charge >= 0.3 is 0 Å². The van der Waals surface area contributed by atoms with E-state index in [9.17, 15) is 10.1 Å². The Morgan fingerprint density at radius 2 is 1.88 bits per heavy atom. The first kappa shape index (κ1) is 17.4. The van der Waals surface area contributed by atoms with Gasteiger partial charge < -0.3 is 15.2 Å². The van der Waals surface area contributed by atoms with Crippen LogP contribution in [0.25, 0.3) is 11.4 Å². The number of nitrogens with zero attached hydrogens (tertiary/aromatic N) is 3. The first-order valence-corrected chi connectivity index (χ1v) is 7.68. The molecule has 9 nitrogen and oxygen atoms in total. The molecule has 1 unspecified atom stereocenters. The molecule has 26 heavy (non-hydrogen) atoms. The van der Waals surface area contributed by atoms with Crippen LogP contribution in [0.15, 0.2) is 42.5 Å². The molecule has 3 N–H and O–H groups in total. The van der Waals surface area contributed by atoms with E-state index < -0.39 is 11.0 Å². The smallest absolute Gasteiger partial charge is 0.280 e. The average molecular weight is 355 g/mol. The van der Waals surface area contributed by atoms with Gasteiger partial charge in [-0.15, -0.1) is 0 Å². The lowest BCUT2D eigenvalue weighted by molar-refractivity contribution is -0.384. The van der Waals surface area contributed by atoms with Crippen LogP contribution in [-0.2, 0) is 0 Å². The molecule has 2 aromatic carbocycles. The summed E-state index contributed by atoms with van der Waals surface area (Å²) in [5, 5.41) is 18.0. The minimum atomic E-state index is -0.612. The van der Waals surface area contributed by atoms with Gasteiger partial charge in [-0.1, -0.05) is 18.2 Å². The third kappa shape index (κ3) is 3.20. The summed E-state index contributed by atoms with van der Waals surface area (Å²) >= 11 is 0. The van der Waals surface area contributed by atoms with Gasteiger partial charge in [0.2, 0.25) is 0 Å². The number of hydrogen-bond donors (Lipinski definition) is 2. The Kier molecular flexibility index (Phi) is 4.81. The van der Waals surface area contributed by atoms with E-state index in [0.717, 1.165) is 5.56 Å². The molecule has 1 atom stereocenters. The minimum Gasteiger partial charge on any atom is -0.493 e. The van der Waals surface area contributed by atoms with E-state index in [0.29, 0.717) is 22.9 Å². The lowest BCUT2D eigenvalue weighted by Gasteiger charge is -2.13. The van der Waals surface area contributed by atoms with Crippen LogP contribution >= 0.6 is 0 Å². The Labute approximate surface area is 148 Å². The second-order valence-electron chi connectivity index (χ2n) is 5.41. The normalized spacial score (nSPS) is 11.8. The van der Waals surface area contributed by atoms with Gasteiger partial charge in [-0.3, -0.25) is 15.2 Å². The van der Waals surface area contributed by atoms with Crippen molar-refractivity contribution in [3.05, 3.63) is 64.0 Å². The van der Waals surface area contributed by atoms with Crippen LogP contribution < -0.4 is 15.2 Å². The number of methoxy groups -OCH3 is 2. The lowest BCUT2D eigenvalue weighted by atomic mass is 10.1. The van der Waals surface area contributed by atoms with Crippen molar-refractivity contribution in [2.75, 3.05) is 14.2 Å². The Hall–Kier alpha value is -3.46. The van der Waals surface area contributed by atoms with Crippen LogP contribution in [-0.4, -0.2) is 34.3 Å². The number of para-hydroxylation sites is 1. The van der Waals surface area contributed by atoms with Crippen molar-refractivity contribution in [2.24, 2.45) is 5.73 Å². The first-order valence-electron chi connectivity index (χ1n) is 7.68. The largest absolute Gasteiger partial charge is 0.493 e. The fourth-order valence-electron chi connectivity index (χ4n) is 2.56. The third-order valence-corrected chi connectivity index (χ3v) is 3.91. The summed E-state index contributed by atoms with van der Waals surface area (Å²) in [4.78, 5) is 15.0. The van der Waals surface area contributed by atoms with E-state index in [-0.39, 0.29) is 11.5 Å². The Balaban J connectivity index is 1.94. The summed E-state index contributed by atoms with van der Waals surface area (Å²) < 4.78 is 10.5. The summed E-state index contributed by atoms with van der Waals surface area (Å²) in [6.45, 7) is 0. The van der Waals surface area contributed by atoms with Crippen LogP contribution in [0.2, 0.25) is 0 Å². The maximum absolute atomic E-state index is 11.2. The molecule has 3 aromatic rings. The molecule has 0 bridgehead atoms. The number of nitrogens with one attached hydrogen (secondary N) is 1. The molecule has 0 aliphatic heterocycles. The number of H-pyrrole nitrogens is 1. The van der Waals surface area contributed by atoms with Crippen molar-refractivity contribution in [3.8, 4) is 22.9 Å². The van der Waals surface area contributed by atoms with Gasteiger partial charge in [-0.2, -0.15) is 5.10 Å². The zero-order valence-electron chi connectivity index (χ0n) is 14.2. The van der Waals surface area contributed by atoms with Crippen LogP contribution in [0.1, 0.15) is 17.4 Å². The van der Waals surface area contributed by atoms with Gasteiger partial charge in [0.15, 0.2) is 17.3 Å². The fourth-order valence-corrected chi connectivity index (χ4v) is 2.56. The SMILES string of the molecule is COc1ccc(C(N)c2nc(-c3ccccc3[N+](=O)[O-])n[nH]2)cc1OC. The van der Waals surface area contributed by atoms with Crippen molar-refractivity contribution in [1.29, 1.82) is 0 Å². The monoisotopic (exact) mass is 355 g/mol. The van der Waals surface area contributed by atoms with Crippen LogP contribution in [0, 0.1) is 10.1 Å². The average Bonchev–Trinajstić information content (AvgIpc) is 3.16. The Morgan fingerprint density at radius 1 is 1.15 bits per heavy atom. The number of ether oxygens (including phenoxy) is 2. The van der Waals surface area contributed by atoms with Crippen molar-refractivity contribution in [3.63, 3.8) is 0 Å². The maximum Gasteiger partial charge on any atom is 0.280 e. The molecule has 9 heteroatoms. The fraction of sp³-hybridized carbons (Fsp3) is 0.176. The number of nitro groups is 1. The van der Waals surface area contributed by atoms with Crippen molar-refractivity contribution in [1.82, 2.24) is 15.2 Å². The highest BCUT2D eigenvalue weighted by Gasteiger charge is 2.21. The van der Waals surface area contributed by atoms with Gasteiger partial charge in [0, 0.05) is 6.07 Å². The van der Waals surface area contributed by atoms with Crippen LogP contribution in [0.3, 0.4) is 0 Å². The third-order valence-electron chi connectivity index (χ3n) is 3.91. The first-order chi connectivity index (χ1) is 12.5. The van der Waals surface area contributed by atoms with Crippen molar-refractivity contribution < 1.29 is 14.4 Å². The molecule has 0 spiro atoms. The summed E-state index contributed by atoms with van der Waals surface area (Å²) in [5.74, 6) is 1.72. The number of aromatic nitrogens is 3. The molecule has 3 rings (SSSR count). The topological polar surface area (TPSA) is 129 Å². The molecule has 0 aliphatic carbocycles. The second kappa shape index (κ2) is 7.19. The molecule has 0 fully saturated rings. The lowest BCUT2D eigenvalue weighted by Crippen LogP contribution is -2.14. The highest BCUT2D eigenvalue weighted by molar-refractivity contribution is 5.67. The molecular formula is C17H17N5O4. The van der Waals surface area contributed by atoms with Gasteiger partial charge in [0.25, 0.3) is 5.69 Å². The molecule has 0 saturated heterocycles. The second-order valence-corrected chi connectivity index (χ2v) is 5.41. The molecule has 1 aromatic heterocycles. The van der Waals surface area contributed by atoms with Crippen molar-refractivity contribution >= 4 is 5.69 Å². The zero-order chi connectivity index (χ0) is 18.7. The standard InChI is InChI=1S/C17H17N5O4/c1-25-13-8-7-10(9-14(13)26-2)15(18)17-19-16(20-21-17)11-5-3-4-6-12(11)22(23)24/h3-9,15H,18H2,1-2H3,(H,19,20,21). The predicted octanol–water partition coefficient (Wildman–Crippen LogP) is 2.45. The van der Waals surface area contributed by atoms with Gasteiger partial charge in [0.05, 0.1) is 30.7 Å². The molecule has 0 aliphatic rings. The molecule has 1 heterocycles. The highest BCUT2D eigenvalue weighted by Crippen LogP contribution is 2.32. The van der Waals surface area contributed by atoms with E-state index >= 15 is 0 Å². The van der Waals surface area contributed by atoms with E-state index in [2.05, 4.69) is 15.2 Å². The predicted molar refractivity (Wildman–Crippen MR) is 94.0 cm³/mol. The molecule has 0 amide bonds. The van der Waals surface area contributed by atoms with E-state index in [1.165, 1.54) is 13.2 Å². The summed E-state index contributed by atoms with van der Waals surface area (Å²) in [7, 11) is 3.08. The number of benzene rings is 2. The Morgan fingerprint density at radius 3 is 2.58 bits per heavy atom. The van der Waals surface area contributed by atoms with Crippen LogP contribution in [0.5, 0.6) is 11.5 Å². The van der Waals surface area contributed by atoms with Gasteiger partial charge in [-0.05, 0) is 23.8 Å². The van der Waals surface area contributed by atoms with E-state index in [1.807, 2.05) is 0 Å². The highest BCUT2D eigenvalue weighted by atomic mass is 16.6. The molecule has 0 saturated carbocycles. The Bertz CT molecular complexity index is 940. The minimum absolute atomic E-state index is 0.0715. The molecular weight excluding hydrogens is 338 g/mol. The number of nitrogens with two attached hydrogens (primary N) is 1. The maximum atomic E-state index is 11.2.